The van der Waals surface area contributed by atoms with Crippen LogP contribution < -0.4 is 4.74 Å². The standard InChI is InChI=1S/C18H15ClN2O4/c1-10-17(13-5-3-4-6-15(13)20-10)18(22)11(2)25-16-8-7-12(21(23)24)9-14(16)19/h3-9,11,20H,1-2H3/t11-/m1/s1. The Bertz CT molecular complexity index is 980. The Kier molecular flexibility index (Phi) is 4.46. The number of nitro benzene ring substituents is 1. The summed E-state index contributed by atoms with van der Waals surface area (Å²) in [6.45, 7) is 3.46. The first-order valence-electron chi connectivity index (χ1n) is 7.60. The highest BCUT2D eigenvalue weighted by Gasteiger charge is 2.24. The zero-order chi connectivity index (χ0) is 18.1. The number of aromatic nitrogens is 1. The molecule has 0 bridgehead atoms. The van der Waals surface area contributed by atoms with Gasteiger partial charge in [-0.2, -0.15) is 0 Å². The summed E-state index contributed by atoms with van der Waals surface area (Å²) in [6, 6.07) is 11.4. The molecule has 6 nitrogen and oxygen atoms in total. The van der Waals surface area contributed by atoms with Gasteiger partial charge in [0.1, 0.15) is 5.75 Å². The summed E-state index contributed by atoms with van der Waals surface area (Å²) >= 11 is 6.03. The number of carbonyl (C=O) groups excluding carboxylic acids is 1. The van der Waals surface area contributed by atoms with Crippen LogP contribution in [0.15, 0.2) is 42.5 Å². The number of aromatic amines is 1. The molecule has 3 aromatic rings. The van der Waals surface area contributed by atoms with Crippen molar-refractivity contribution in [2.45, 2.75) is 20.0 Å². The Morgan fingerprint density at radius 1 is 1.28 bits per heavy atom. The quantitative estimate of drug-likeness (QED) is 0.407. The van der Waals surface area contributed by atoms with Crippen molar-refractivity contribution in [3.05, 3.63) is 68.9 Å². The maximum Gasteiger partial charge on any atom is 0.271 e. The molecule has 0 saturated heterocycles. The summed E-state index contributed by atoms with van der Waals surface area (Å²) in [4.78, 5) is 26.2. The van der Waals surface area contributed by atoms with E-state index in [1.54, 1.807) is 6.92 Å². The number of ether oxygens (including phenoxy) is 1. The number of nitrogens with one attached hydrogen (secondary N) is 1. The Balaban J connectivity index is 1.88. The Morgan fingerprint density at radius 3 is 2.68 bits per heavy atom. The van der Waals surface area contributed by atoms with Crippen LogP contribution in [-0.4, -0.2) is 21.8 Å². The Hall–Kier alpha value is -2.86. The van der Waals surface area contributed by atoms with Gasteiger partial charge >= 0.3 is 0 Å². The normalized spacial score (nSPS) is 12.1. The highest BCUT2D eigenvalue weighted by atomic mass is 35.5. The molecule has 0 aliphatic carbocycles. The van der Waals surface area contributed by atoms with Gasteiger partial charge in [-0.3, -0.25) is 14.9 Å². The smallest absolute Gasteiger partial charge is 0.271 e. The number of para-hydroxylation sites is 1. The van der Waals surface area contributed by atoms with Gasteiger partial charge in [-0.15, -0.1) is 0 Å². The molecular formula is C18H15ClN2O4. The number of halogens is 1. The number of aryl methyl sites for hydroxylation is 1. The first-order valence-corrected chi connectivity index (χ1v) is 7.98. The molecule has 0 fully saturated rings. The Morgan fingerprint density at radius 2 is 2.00 bits per heavy atom. The van der Waals surface area contributed by atoms with Gasteiger partial charge in [-0.05, 0) is 26.0 Å². The van der Waals surface area contributed by atoms with Crippen molar-refractivity contribution >= 4 is 34.0 Å². The lowest BCUT2D eigenvalue weighted by Crippen LogP contribution is -2.24. The molecule has 0 amide bonds. The summed E-state index contributed by atoms with van der Waals surface area (Å²) in [5.74, 6) is 0.0370. The van der Waals surface area contributed by atoms with E-state index in [2.05, 4.69) is 4.98 Å². The van der Waals surface area contributed by atoms with Gasteiger partial charge in [-0.1, -0.05) is 29.8 Å². The van der Waals surface area contributed by atoms with Crippen LogP contribution >= 0.6 is 11.6 Å². The predicted molar refractivity (Wildman–Crippen MR) is 95.6 cm³/mol. The van der Waals surface area contributed by atoms with E-state index in [4.69, 9.17) is 16.3 Å². The lowest BCUT2D eigenvalue weighted by Gasteiger charge is -2.15. The number of ketones is 1. The fraction of sp³-hybridized carbons (Fsp3) is 0.167. The van der Waals surface area contributed by atoms with Crippen molar-refractivity contribution in [1.29, 1.82) is 0 Å². The molecule has 0 aliphatic heterocycles. The van der Waals surface area contributed by atoms with Crippen LogP contribution in [0, 0.1) is 17.0 Å². The van der Waals surface area contributed by atoms with Crippen LogP contribution in [0.2, 0.25) is 5.02 Å². The average molecular weight is 359 g/mol. The van der Waals surface area contributed by atoms with E-state index in [0.717, 1.165) is 16.6 Å². The number of hydrogen-bond acceptors (Lipinski definition) is 4. The predicted octanol–water partition coefficient (Wildman–Crippen LogP) is 4.69. The number of non-ortho nitro benzene ring substituents is 1. The fourth-order valence-corrected chi connectivity index (χ4v) is 2.96. The molecular weight excluding hydrogens is 344 g/mol. The molecule has 1 atom stereocenters. The lowest BCUT2D eigenvalue weighted by molar-refractivity contribution is -0.384. The van der Waals surface area contributed by atoms with Gasteiger partial charge in [0, 0.05) is 34.3 Å². The van der Waals surface area contributed by atoms with Crippen molar-refractivity contribution in [3.63, 3.8) is 0 Å². The summed E-state index contributed by atoms with van der Waals surface area (Å²) in [5, 5.41) is 11.7. The molecule has 128 valence electrons. The number of H-pyrrole nitrogens is 1. The van der Waals surface area contributed by atoms with E-state index in [0.29, 0.717) is 5.56 Å². The van der Waals surface area contributed by atoms with Gasteiger partial charge in [0.25, 0.3) is 5.69 Å². The number of benzene rings is 2. The molecule has 0 aliphatic rings. The SMILES string of the molecule is Cc1[nH]c2ccccc2c1C(=O)[C@@H](C)Oc1ccc([N+](=O)[O-])cc1Cl. The highest BCUT2D eigenvalue weighted by molar-refractivity contribution is 6.32. The van der Waals surface area contributed by atoms with Gasteiger partial charge in [0.2, 0.25) is 5.78 Å². The molecule has 1 heterocycles. The van der Waals surface area contributed by atoms with E-state index in [-0.39, 0.29) is 22.2 Å². The number of hydrogen-bond donors (Lipinski definition) is 1. The third-order valence-corrected chi connectivity index (χ3v) is 4.23. The molecule has 25 heavy (non-hydrogen) atoms. The van der Waals surface area contributed by atoms with Crippen molar-refractivity contribution in [1.82, 2.24) is 4.98 Å². The van der Waals surface area contributed by atoms with Gasteiger partial charge < -0.3 is 9.72 Å². The van der Waals surface area contributed by atoms with Crippen LogP contribution in [0.25, 0.3) is 10.9 Å². The summed E-state index contributed by atoms with van der Waals surface area (Å²) < 4.78 is 5.65. The van der Waals surface area contributed by atoms with Crippen molar-refractivity contribution < 1.29 is 14.5 Å². The van der Waals surface area contributed by atoms with Crippen molar-refractivity contribution in [2.24, 2.45) is 0 Å². The second-order valence-electron chi connectivity index (χ2n) is 5.67. The van der Waals surface area contributed by atoms with E-state index >= 15 is 0 Å². The van der Waals surface area contributed by atoms with Crippen LogP contribution in [0.4, 0.5) is 5.69 Å². The van der Waals surface area contributed by atoms with Crippen molar-refractivity contribution in [2.75, 3.05) is 0 Å². The van der Waals surface area contributed by atoms with E-state index in [1.165, 1.54) is 18.2 Å². The zero-order valence-electron chi connectivity index (χ0n) is 13.6. The second-order valence-corrected chi connectivity index (χ2v) is 6.07. The number of fused-ring (bicyclic) bond motifs is 1. The molecule has 0 saturated carbocycles. The third kappa shape index (κ3) is 3.21. The van der Waals surface area contributed by atoms with Crippen LogP contribution in [-0.2, 0) is 0 Å². The monoisotopic (exact) mass is 358 g/mol. The van der Waals surface area contributed by atoms with E-state index < -0.39 is 11.0 Å². The third-order valence-electron chi connectivity index (χ3n) is 3.94. The first-order chi connectivity index (χ1) is 11.9. The summed E-state index contributed by atoms with van der Waals surface area (Å²) in [5.41, 5.74) is 2.07. The van der Waals surface area contributed by atoms with Crippen LogP contribution in [0.1, 0.15) is 23.0 Å². The maximum atomic E-state index is 12.8. The second kappa shape index (κ2) is 6.57. The van der Waals surface area contributed by atoms with Gasteiger partial charge in [-0.25, -0.2) is 0 Å². The lowest BCUT2D eigenvalue weighted by atomic mass is 10.0. The Labute approximate surface area is 148 Å². The van der Waals surface area contributed by atoms with E-state index in [9.17, 15) is 14.9 Å². The summed E-state index contributed by atoms with van der Waals surface area (Å²) in [6.07, 6.45) is -0.795. The molecule has 1 aromatic heterocycles. The highest BCUT2D eigenvalue weighted by Crippen LogP contribution is 2.30. The molecule has 0 spiro atoms. The molecule has 0 radical (unpaired) electrons. The molecule has 0 unspecified atom stereocenters. The van der Waals surface area contributed by atoms with E-state index in [1.807, 2.05) is 31.2 Å². The number of carbonyl (C=O) groups is 1. The van der Waals surface area contributed by atoms with Gasteiger partial charge in [0.05, 0.1) is 9.95 Å². The fourth-order valence-electron chi connectivity index (χ4n) is 2.74. The topological polar surface area (TPSA) is 85.2 Å². The van der Waals surface area contributed by atoms with Crippen LogP contribution in [0.5, 0.6) is 5.75 Å². The molecule has 3 rings (SSSR count). The minimum Gasteiger partial charge on any atom is -0.481 e. The number of nitrogens with zero attached hydrogens (tertiary/aromatic N) is 1. The van der Waals surface area contributed by atoms with Gasteiger partial charge in [0.15, 0.2) is 6.10 Å². The minimum absolute atomic E-state index is 0.0875. The average Bonchev–Trinajstić information content (AvgIpc) is 2.91. The minimum atomic E-state index is -0.795. The molecule has 1 N–H and O–H groups in total. The first kappa shape index (κ1) is 17.0. The molecule has 2 aromatic carbocycles. The van der Waals surface area contributed by atoms with Crippen LogP contribution in [0.3, 0.4) is 0 Å². The maximum absolute atomic E-state index is 12.8. The number of nitro groups is 1. The largest absolute Gasteiger partial charge is 0.481 e. The van der Waals surface area contributed by atoms with Crippen molar-refractivity contribution in [3.8, 4) is 5.75 Å². The molecule has 7 heteroatoms. The number of Topliss-reactive ketones (excluding diaryl/α,β-unsaturated/α-hetero) is 1. The zero-order valence-corrected chi connectivity index (χ0v) is 14.3. The number of rotatable bonds is 5. The summed E-state index contributed by atoms with van der Waals surface area (Å²) in [7, 11) is 0.